The summed E-state index contributed by atoms with van der Waals surface area (Å²) in [6.45, 7) is -0.152. The van der Waals surface area contributed by atoms with Crippen LogP contribution in [0, 0.1) is 0 Å². The molecule has 0 spiro atoms. The average molecular weight is 162 g/mol. The van der Waals surface area contributed by atoms with Gasteiger partial charge in [-0.3, -0.25) is 0 Å². The lowest BCUT2D eigenvalue weighted by molar-refractivity contribution is -0.219. The van der Waals surface area contributed by atoms with E-state index in [1.165, 1.54) is 0 Å². The van der Waals surface area contributed by atoms with E-state index >= 15 is 0 Å². The molecule has 1 heterocycles. The molecule has 66 valence electrons. The van der Waals surface area contributed by atoms with Crippen molar-refractivity contribution in [1.82, 2.24) is 0 Å². The van der Waals surface area contributed by atoms with Gasteiger partial charge in [0.1, 0.15) is 6.10 Å². The summed E-state index contributed by atoms with van der Waals surface area (Å²) >= 11 is 0. The van der Waals surface area contributed by atoms with Gasteiger partial charge < -0.3 is 19.7 Å². The molecule has 3 atom stereocenters. The van der Waals surface area contributed by atoms with Gasteiger partial charge in [-0.1, -0.05) is 0 Å². The van der Waals surface area contributed by atoms with Gasteiger partial charge in [0.2, 0.25) is 0 Å². The van der Waals surface area contributed by atoms with E-state index in [1.54, 1.807) is 7.11 Å². The zero-order valence-electron chi connectivity index (χ0n) is 6.56. The third-order valence-corrected chi connectivity index (χ3v) is 1.90. The lowest BCUT2D eigenvalue weighted by Gasteiger charge is -2.31. The van der Waals surface area contributed by atoms with E-state index < -0.39 is 12.2 Å². The van der Waals surface area contributed by atoms with E-state index in [-0.39, 0.29) is 12.9 Å². The van der Waals surface area contributed by atoms with Gasteiger partial charge in [0.15, 0.2) is 6.29 Å². The van der Waals surface area contributed by atoms with E-state index in [4.69, 9.17) is 14.6 Å². The van der Waals surface area contributed by atoms with Crippen LogP contribution in [-0.2, 0) is 9.47 Å². The van der Waals surface area contributed by atoms with Crippen molar-refractivity contribution in [3.05, 3.63) is 0 Å². The molecule has 11 heavy (non-hydrogen) atoms. The van der Waals surface area contributed by atoms with Crippen molar-refractivity contribution >= 4 is 0 Å². The molecule has 0 amide bonds. The van der Waals surface area contributed by atoms with Crippen molar-refractivity contribution in [2.45, 2.75) is 31.3 Å². The lowest BCUT2D eigenvalue weighted by Crippen LogP contribution is -2.41. The van der Waals surface area contributed by atoms with Crippen molar-refractivity contribution in [3.8, 4) is 0 Å². The SMILES string of the molecule is CO[C@H]1CC[C@H](O)[C@H](CO)O1. The average Bonchev–Trinajstić information content (AvgIpc) is 2.05. The van der Waals surface area contributed by atoms with Gasteiger partial charge in [-0.2, -0.15) is 0 Å². The third kappa shape index (κ3) is 2.13. The van der Waals surface area contributed by atoms with E-state index in [2.05, 4.69) is 0 Å². The highest BCUT2D eigenvalue weighted by atomic mass is 16.7. The Morgan fingerprint density at radius 2 is 2.27 bits per heavy atom. The van der Waals surface area contributed by atoms with Crippen LogP contribution >= 0.6 is 0 Å². The number of hydrogen-bond acceptors (Lipinski definition) is 4. The summed E-state index contributed by atoms with van der Waals surface area (Å²) < 4.78 is 10.1. The molecule has 4 heteroatoms. The molecule has 0 aromatic carbocycles. The maximum absolute atomic E-state index is 9.24. The molecular formula is C7H14O4. The Morgan fingerprint density at radius 1 is 1.55 bits per heavy atom. The van der Waals surface area contributed by atoms with Crippen LogP contribution in [0.25, 0.3) is 0 Å². The first-order chi connectivity index (χ1) is 5.27. The quantitative estimate of drug-likeness (QED) is 0.574. The Bertz CT molecular complexity index is 117. The zero-order chi connectivity index (χ0) is 8.27. The molecule has 0 aliphatic carbocycles. The van der Waals surface area contributed by atoms with Gasteiger partial charge in [-0.05, 0) is 6.42 Å². The molecule has 0 bridgehead atoms. The third-order valence-electron chi connectivity index (χ3n) is 1.90. The maximum Gasteiger partial charge on any atom is 0.157 e. The van der Waals surface area contributed by atoms with Gasteiger partial charge in [0.25, 0.3) is 0 Å². The molecule has 0 unspecified atom stereocenters. The molecule has 2 N–H and O–H groups in total. The molecule has 1 rings (SSSR count). The predicted octanol–water partition coefficient (Wildman–Crippen LogP) is -0.509. The summed E-state index contributed by atoms with van der Waals surface area (Å²) in [5, 5.41) is 18.0. The van der Waals surface area contributed by atoms with E-state index in [0.717, 1.165) is 0 Å². The lowest BCUT2D eigenvalue weighted by atomic mass is 10.1. The molecular weight excluding hydrogens is 148 g/mol. The minimum Gasteiger partial charge on any atom is -0.394 e. The van der Waals surface area contributed by atoms with Crippen molar-refractivity contribution in [3.63, 3.8) is 0 Å². The van der Waals surface area contributed by atoms with Crippen molar-refractivity contribution in [2.75, 3.05) is 13.7 Å². The maximum atomic E-state index is 9.24. The standard InChI is InChI=1S/C7H14O4/c1-10-7-3-2-5(9)6(4-8)11-7/h5-9H,2-4H2,1H3/t5-,6-,7+/m0/s1. The number of ether oxygens (including phenoxy) is 2. The number of methoxy groups -OCH3 is 1. The summed E-state index contributed by atoms with van der Waals surface area (Å²) in [6, 6.07) is 0. The molecule has 0 radical (unpaired) electrons. The molecule has 1 saturated heterocycles. The summed E-state index contributed by atoms with van der Waals surface area (Å²) in [7, 11) is 1.55. The molecule has 0 saturated carbocycles. The fraction of sp³-hybridized carbons (Fsp3) is 1.00. The second-order valence-electron chi connectivity index (χ2n) is 2.67. The molecule has 0 aromatic heterocycles. The number of aliphatic hydroxyl groups excluding tert-OH is 2. The van der Waals surface area contributed by atoms with Gasteiger partial charge in [0, 0.05) is 13.5 Å². The second kappa shape index (κ2) is 4.01. The highest BCUT2D eigenvalue weighted by Gasteiger charge is 2.28. The Balaban J connectivity index is 2.37. The molecule has 1 fully saturated rings. The normalized spacial score (nSPS) is 39.0. The zero-order valence-corrected chi connectivity index (χ0v) is 6.56. The van der Waals surface area contributed by atoms with Crippen LogP contribution in [0.4, 0.5) is 0 Å². The van der Waals surface area contributed by atoms with Gasteiger partial charge >= 0.3 is 0 Å². The smallest absolute Gasteiger partial charge is 0.157 e. The predicted molar refractivity (Wildman–Crippen MR) is 38.0 cm³/mol. The Kier molecular flexibility index (Phi) is 3.26. The highest BCUT2D eigenvalue weighted by Crippen LogP contribution is 2.19. The minimum absolute atomic E-state index is 0.152. The van der Waals surface area contributed by atoms with Crippen molar-refractivity contribution in [2.24, 2.45) is 0 Å². The van der Waals surface area contributed by atoms with E-state index in [0.29, 0.717) is 12.8 Å². The Labute approximate surface area is 65.7 Å². The molecule has 1 aliphatic rings. The van der Waals surface area contributed by atoms with Crippen LogP contribution in [-0.4, -0.2) is 42.4 Å². The summed E-state index contributed by atoms with van der Waals surface area (Å²) in [5.74, 6) is 0. The number of aliphatic hydroxyl groups is 2. The fourth-order valence-corrected chi connectivity index (χ4v) is 1.18. The van der Waals surface area contributed by atoms with Crippen LogP contribution < -0.4 is 0 Å². The Hall–Kier alpha value is -0.160. The highest BCUT2D eigenvalue weighted by molar-refractivity contribution is 4.74. The first-order valence-electron chi connectivity index (χ1n) is 3.75. The van der Waals surface area contributed by atoms with Crippen LogP contribution in [0.15, 0.2) is 0 Å². The van der Waals surface area contributed by atoms with Crippen molar-refractivity contribution < 1.29 is 19.7 Å². The molecule has 0 aromatic rings. The summed E-state index contributed by atoms with van der Waals surface area (Å²) in [5.41, 5.74) is 0. The Morgan fingerprint density at radius 3 is 2.82 bits per heavy atom. The monoisotopic (exact) mass is 162 g/mol. The van der Waals surface area contributed by atoms with Crippen LogP contribution in [0.2, 0.25) is 0 Å². The number of hydrogen-bond donors (Lipinski definition) is 2. The largest absolute Gasteiger partial charge is 0.394 e. The first kappa shape index (κ1) is 8.93. The van der Waals surface area contributed by atoms with Gasteiger partial charge in [0.05, 0.1) is 12.7 Å². The van der Waals surface area contributed by atoms with E-state index in [1.807, 2.05) is 0 Å². The van der Waals surface area contributed by atoms with Crippen molar-refractivity contribution in [1.29, 1.82) is 0 Å². The van der Waals surface area contributed by atoms with Gasteiger partial charge in [-0.15, -0.1) is 0 Å². The molecule has 4 nitrogen and oxygen atoms in total. The summed E-state index contributed by atoms with van der Waals surface area (Å²) in [6.07, 6.45) is 0.0217. The van der Waals surface area contributed by atoms with Gasteiger partial charge in [-0.25, -0.2) is 0 Å². The first-order valence-corrected chi connectivity index (χ1v) is 3.75. The number of rotatable bonds is 2. The van der Waals surface area contributed by atoms with E-state index in [9.17, 15) is 5.11 Å². The van der Waals surface area contributed by atoms with Crippen LogP contribution in [0.5, 0.6) is 0 Å². The van der Waals surface area contributed by atoms with Crippen LogP contribution in [0.3, 0.4) is 0 Å². The fourth-order valence-electron chi connectivity index (χ4n) is 1.18. The minimum atomic E-state index is -0.550. The van der Waals surface area contributed by atoms with Crippen LogP contribution in [0.1, 0.15) is 12.8 Å². The molecule has 1 aliphatic heterocycles. The topological polar surface area (TPSA) is 58.9 Å². The summed E-state index contributed by atoms with van der Waals surface area (Å²) in [4.78, 5) is 0. The second-order valence-corrected chi connectivity index (χ2v) is 2.67.